The average Bonchev–Trinajstić information content (AvgIpc) is 3.17. The van der Waals surface area contributed by atoms with Crippen LogP contribution in [0.4, 0.5) is 14.6 Å². The summed E-state index contributed by atoms with van der Waals surface area (Å²) in [6.07, 6.45) is 1.27. The molecular formula is C14H22F2N5O5P. The first-order chi connectivity index (χ1) is 12.9. The number of hydrogen-bond donors (Lipinski definition) is 3. The summed E-state index contributed by atoms with van der Waals surface area (Å²) >= 11 is 0. The number of aliphatic hydroxyl groups is 1. The Morgan fingerprint density at radius 2 is 2.11 bits per heavy atom. The Morgan fingerprint density at radius 1 is 1.41 bits per heavy atom. The molecule has 2 aromatic rings. The van der Waals surface area contributed by atoms with Gasteiger partial charge in [0.1, 0.15) is 17.9 Å². The van der Waals surface area contributed by atoms with Gasteiger partial charge in [0.05, 0.1) is 25.1 Å². The van der Waals surface area contributed by atoms with E-state index in [2.05, 4.69) is 15.0 Å². The molecule has 1 fully saturated rings. The van der Waals surface area contributed by atoms with E-state index >= 15 is 0 Å². The molecule has 1 saturated heterocycles. The van der Waals surface area contributed by atoms with E-state index in [1.165, 1.54) is 12.7 Å². The van der Waals surface area contributed by atoms with Crippen molar-refractivity contribution in [3.63, 3.8) is 0 Å². The highest BCUT2D eigenvalue weighted by molar-refractivity contribution is 7.40. The standard InChI is InChI=1S/C13H20N5O5P.CH2F2/c1-7(2)23-24(20)21-4-8-3-9(19)13(22-8)18-6-17-10-11(14)15-5-16-12(10)18;2-1-3/h5-9,13,19-20H,3-4H2,1-2H3,(H2,14,15,16);1H2. The number of halogens is 2. The van der Waals surface area contributed by atoms with E-state index in [-0.39, 0.29) is 24.6 Å². The molecule has 0 saturated carbocycles. The van der Waals surface area contributed by atoms with E-state index in [1.54, 1.807) is 18.4 Å². The molecular weight excluding hydrogens is 387 g/mol. The lowest BCUT2D eigenvalue weighted by Crippen LogP contribution is -2.19. The highest BCUT2D eigenvalue weighted by Crippen LogP contribution is 2.37. The summed E-state index contributed by atoms with van der Waals surface area (Å²) in [5, 5.41) is 10.3. The molecule has 13 heteroatoms. The van der Waals surface area contributed by atoms with Gasteiger partial charge in [-0.3, -0.25) is 4.57 Å². The second-order valence-corrected chi connectivity index (χ2v) is 6.77. The largest absolute Gasteiger partial charge is 0.388 e. The van der Waals surface area contributed by atoms with Crippen molar-refractivity contribution in [1.82, 2.24) is 19.5 Å². The second-order valence-electron chi connectivity index (χ2n) is 5.82. The van der Waals surface area contributed by atoms with Gasteiger partial charge < -0.3 is 29.5 Å². The molecule has 0 spiro atoms. The number of fused-ring (bicyclic) bond motifs is 1. The molecule has 2 aromatic heterocycles. The molecule has 4 unspecified atom stereocenters. The van der Waals surface area contributed by atoms with Crippen LogP contribution in [0.2, 0.25) is 0 Å². The summed E-state index contributed by atoms with van der Waals surface area (Å²) in [6.45, 7) is 1.98. The van der Waals surface area contributed by atoms with E-state index in [9.17, 15) is 18.8 Å². The SMILES string of the molecule is CC(C)OP(O)OCC1CC(O)C(n2cnc3c(N)ncnc32)O1.FCF. The molecule has 0 bridgehead atoms. The van der Waals surface area contributed by atoms with Crippen LogP contribution in [0, 0.1) is 0 Å². The smallest absolute Gasteiger partial charge is 0.330 e. The molecule has 1 aliphatic rings. The van der Waals surface area contributed by atoms with Crippen molar-refractivity contribution in [2.45, 2.75) is 44.8 Å². The fraction of sp³-hybridized carbons (Fsp3) is 0.643. The quantitative estimate of drug-likeness (QED) is 0.607. The molecule has 0 amide bonds. The van der Waals surface area contributed by atoms with Crippen molar-refractivity contribution in [1.29, 1.82) is 0 Å². The zero-order chi connectivity index (χ0) is 20.0. The zero-order valence-electron chi connectivity index (χ0n) is 14.8. The van der Waals surface area contributed by atoms with Crippen molar-refractivity contribution >= 4 is 25.6 Å². The van der Waals surface area contributed by atoms with Crippen LogP contribution in [0.25, 0.3) is 11.2 Å². The number of nitrogen functional groups attached to an aromatic ring is 1. The first-order valence-corrected chi connectivity index (χ1v) is 9.17. The third kappa shape index (κ3) is 5.71. The number of ether oxygens (including phenoxy) is 1. The number of nitrogens with two attached hydrogens (primary N) is 1. The normalized spacial score (nSPS) is 23.4. The van der Waals surface area contributed by atoms with E-state index in [0.717, 1.165) is 0 Å². The fourth-order valence-electron chi connectivity index (χ4n) is 2.50. The van der Waals surface area contributed by atoms with Crippen LogP contribution >= 0.6 is 8.60 Å². The predicted octanol–water partition coefficient (Wildman–Crippen LogP) is 1.60. The monoisotopic (exact) mass is 409 g/mol. The Kier molecular flexibility index (Phi) is 8.14. The molecule has 3 heterocycles. The Morgan fingerprint density at radius 3 is 2.78 bits per heavy atom. The lowest BCUT2D eigenvalue weighted by Gasteiger charge is -2.18. The number of aliphatic hydroxyl groups excluding tert-OH is 1. The Bertz CT molecular complexity index is 724. The van der Waals surface area contributed by atoms with E-state index < -0.39 is 27.9 Å². The van der Waals surface area contributed by atoms with E-state index in [0.29, 0.717) is 17.6 Å². The highest BCUT2D eigenvalue weighted by atomic mass is 31.2. The van der Waals surface area contributed by atoms with Crippen molar-refractivity contribution in [3.8, 4) is 0 Å². The van der Waals surface area contributed by atoms with Gasteiger partial charge in [0.15, 0.2) is 17.7 Å². The fourth-order valence-corrected chi connectivity index (χ4v) is 3.22. The summed E-state index contributed by atoms with van der Waals surface area (Å²) in [5.41, 5.74) is 6.70. The maximum Gasteiger partial charge on any atom is 0.330 e. The lowest BCUT2D eigenvalue weighted by molar-refractivity contribution is -0.0475. The number of aromatic nitrogens is 4. The number of alkyl halides is 2. The third-order valence-corrected chi connectivity index (χ3v) is 4.47. The minimum atomic E-state index is -1.96. The molecule has 0 aliphatic carbocycles. The number of nitrogens with zero attached hydrogens (tertiary/aromatic N) is 4. The van der Waals surface area contributed by atoms with Gasteiger partial charge in [0, 0.05) is 6.42 Å². The van der Waals surface area contributed by atoms with Crippen molar-refractivity contribution in [2.75, 3.05) is 19.3 Å². The van der Waals surface area contributed by atoms with Crippen molar-refractivity contribution < 1.29 is 32.6 Å². The van der Waals surface area contributed by atoms with Gasteiger partial charge in [-0.25, -0.2) is 23.7 Å². The number of rotatable bonds is 6. The Labute approximate surface area is 155 Å². The topological polar surface area (TPSA) is 138 Å². The first kappa shape index (κ1) is 21.7. The van der Waals surface area contributed by atoms with Crippen molar-refractivity contribution in [2.24, 2.45) is 0 Å². The molecule has 4 atom stereocenters. The molecule has 1 aliphatic heterocycles. The van der Waals surface area contributed by atoms with Gasteiger partial charge in [0.25, 0.3) is 0 Å². The van der Waals surface area contributed by atoms with Crippen LogP contribution in [0.5, 0.6) is 0 Å². The van der Waals surface area contributed by atoms with E-state index in [4.69, 9.17) is 19.5 Å². The van der Waals surface area contributed by atoms with Crippen LogP contribution in [-0.4, -0.2) is 61.4 Å². The maximum atomic E-state index is 10.3. The summed E-state index contributed by atoms with van der Waals surface area (Å²) in [5.74, 6) is 0.267. The van der Waals surface area contributed by atoms with Crippen LogP contribution in [0.3, 0.4) is 0 Å². The van der Waals surface area contributed by atoms with Crippen LogP contribution in [0.1, 0.15) is 26.5 Å². The Hall–Kier alpha value is -1.56. The molecule has 3 rings (SSSR count). The first-order valence-electron chi connectivity index (χ1n) is 8.04. The average molecular weight is 409 g/mol. The summed E-state index contributed by atoms with van der Waals surface area (Å²) in [7, 11) is -1.96. The third-order valence-electron chi connectivity index (χ3n) is 3.50. The molecule has 27 heavy (non-hydrogen) atoms. The van der Waals surface area contributed by atoms with E-state index in [1.807, 2.05) is 0 Å². The summed E-state index contributed by atoms with van der Waals surface area (Å²) < 4.78 is 37.1. The molecule has 10 nitrogen and oxygen atoms in total. The van der Waals surface area contributed by atoms with Crippen LogP contribution < -0.4 is 5.73 Å². The van der Waals surface area contributed by atoms with Gasteiger partial charge in [0.2, 0.25) is 6.93 Å². The van der Waals surface area contributed by atoms with Gasteiger partial charge >= 0.3 is 8.60 Å². The van der Waals surface area contributed by atoms with Gasteiger partial charge in [-0.1, -0.05) is 0 Å². The Balaban J connectivity index is 0.000000817. The molecule has 152 valence electrons. The minimum absolute atomic E-state index is 0.117. The van der Waals surface area contributed by atoms with Gasteiger partial charge in [-0.2, -0.15) is 0 Å². The van der Waals surface area contributed by atoms with Crippen LogP contribution in [-0.2, 0) is 13.8 Å². The summed E-state index contributed by atoms with van der Waals surface area (Å²) in [6, 6.07) is 0. The van der Waals surface area contributed by atoms with Crippen molar-refractivity contribution in [3.05, 3.63) is 12.7 Å². The molecule has 4 N–H and O–H groups in total. The molecule has 0 aromatic carbocycles. The van der Waals surface area contributed by atoms with Gasteiger partial charge in [-0.05, 0) is 13.8 Å². The second kappa shape index (κ2) is 10.1. The summed E-state index contributed by atoms with van der Waals surface area (Å²) in [4.78, 5) is 21.8. The maximum absolute atomic E-state index is 10.3. The van der Waals surface area contributed by atoms with Gasteiger partial charge in [-0.15, -0.1) is 0 Å². The predicted molar refractivity (Wildman–Crippen MR) is 92.7 cm³/mol. The highest BCUT2D eigenvalue weighted by Gasteiger charge is 2.37. The van der Waals surface area contributed by atoms with Crippen LogP contribution in [0.15, 0.2) is 12.7 Å². The lowest BCUT2D eigenvalue weighted by atomic mass is 10.2. The number of imidazole rings is 1. The minimum Gasteiger partial charge on any atom is -0.388 e. The molecule has 0 radical (unpaired) electrons. The zero-order valence-corrected chi connectivity index (χ0v) is 15.7. The number of hydrogen-bond acceptors (Lipinski definition) is 9. The number of anilines is 1.